The molecule has 0 spiro atoms. The van der Waals surface area contributed by atoms with Crippen LogP contribution in [0, 0.1) is 13.8 Å². The molecule has 2 heteroatoms. The Morgan fingerprint density at radius 3 is 2.33 bits per heavy atom. The van der Waals surface area contributed by atoms with Gasteiger partial charge in [-0.25, -0.2) is 0 Å². The number of aryl methyl sites for hydroxylation is 2. The smallest absolute Gasteiger partial charge is 0.121 e. The lowest BCUT2D eigenvalue weighted by Crippen LogP contribution is -1.96. The van der Waals surface area contributed by atoms with Crippen molar-refractivity contribution in [3.05, 3.63) is 64.7 Å². The van der Waals surface area contributed by atoms with Crippen molar-refractivity contribution in [1.82, 2.24) is 0 Å². The van der Waals surface area contributed by atoms with Crippen molar-refractivity contribution < 1.29 is 4.74 Å². The van der Waals surface area contributed by atoms with E-state index in [0.29, 0.717) is 0 Å². The predicted molar refractivity (Wildman–Crippen MR) is 76.6 cm³/mol. The Kier molecular flexibility index (Phi) is 3.93. The van der Waals surface area contributed by atoms with Crippen molar-refractivity contribution in [2.24, 2.45) is 0 Å². The average molecular weight is 261 g/mol. The second-order valence-corrected chi connectivity index (χ2v) is 4.94. The average Bonchev–Trinajstić information content (AvgIpc) is 2.37. The first kappa shape index (κ1) is 13.0. The van der Waals surface area contributed by atoms with Gasteiger partial charge in [-0.3, -0.25) is 0 Å². The van der Waals surface area contributed by atoms with E-state index in [0.717, 1.165) is 22.4 Å². The summed E-state index contributed by atoms with van der Waals surface area (Å²) in [6, 6.07) is 14.4. The van der Waals surface area contributed by atoms with E-state index in [-0.39, 0.29) is 5.38 Å². The second kappa shape index (κ2) is 5.45. The fraction of sp³-hybridized carbons (Fsp3) is 0.250. The number of ether oxygens (including phenoxy) is 1. The minimum absolute atomic E-state index is 0.116. The Labute approximate surface area is 113 Å². The Morgan fingerprint density at radius 2 is 1.72 bits per heavy atom. The van der Waals surface area contributed by atoms with E-state index in [1.54, 1.807) is 7.11 Å². The van der Waals surface area contributed by atoms with E-state index < -0.39 is 0 Å². The van der Waals surface area contributed by atoms with Gasteiger partial charge in [0.1, 0.15) is 5.75 Å². The highest BCUT2D eigenvalue weighted by atomic mass is 35.5. The summed E-state index contributed by atoms with van der Waals surface area (Å²) < 4.78 is 5.26. The van der Waals surface area contributed by atoms with Crippen LogP contribution in [0.4, 0.5) is 0 Å². The molecule has 1 atom stereocenters. The topological polar surface area (TPSA) is 9.23 Å². The molecule has 0 aliphatic rings. The number of methoxy groups -OCH3 is 1. The maximum atomic E-state index is 6.53. The molecule has 0 saturated heterocycles. The molecule has 0 N–H and O–H groups in total. The Bertz CT molecular complexity index is 549. The zero-order valence-corrected chi connectivity index (χ0v) is 11.7. The van der Waals surface area contributed by atoms with E-state index in [2.05, 4.69) is 31.2 Å². The molecule has 2 aromatic carbocycles. The van der Waals surface area contributed by atoms with E-state index in [1.165, 1.54) is 5.56 Å². The monoisotopic (exact) mass is 260 g/mol. The SMILES string of the molecule is COc1ccc(C(Cl)c2cccc(C)c2)cc1C. The molecular weight excluding hydrogens is 244 g/mol. The first-order valence-corrected chi connectivity index (χ1v) is 6.40. The molecule has 0 heterocycles. The third-order valence-corrected chi connectivity index (χ3v) is 3.55. The summed E-state index contributed by atoms with van der Waals surface area (Å²) in [6.07, 6.45) is 0. The summed E-state index contributed by atoms with van der Waals surface area (Å²) in [6.45, 7) is 4.11. The summed E-state index contributed by atoms with van der Waals surface area (Å²) in [5.74, 6) is 0.895. The molecule has 94 valence electrons. The Balaban J connectivity index is 2.34. The summed E-state index contributed by atoms with van der Waals surface area (Å²) in [5, 5.41) is -0.116. The summed E-state index contributed by atoms with van der Waals surface area (Å²) in [7, 11) is 1.68. The minimum Gasteiger partial charge on any atom is -0.496 e. The van der Waals surface area contributed by atoms with Gasteiger partial charge in [-0.15, -0.1) is 11.6 Å². The zero-order valence-electron chi connectivity index (χ0n) is 10.9. The van der Waals surface area contributed by atoms with Crippen LogP contribution < -0.4 is 4.74 Å². The van der Waals surface area contributed by atoms with Crippen LogP contribution in [0.25, 0.3) is 0 Å². The molecule has 1 nitrogen and oxygen atoms in total. The second-order valence-electron chi connectivity index (χ2n) is 4.51. The molecule has 0 fully saturated rings. The molecular formula is C16H17ClO. The van der Waals surface area contributed by atoms with Crippen molar-refractivity contribution in [3.8, 4) is 5.75 Å². The van der Waals surface area contributed by atoms with E-state index >= 15 is 0 Å². The van der Waals surface area contributed by atoms with Crippen molar-refractivity contribution in [2.45, 2.75) is 19.2 Å². The van der Waals surface area contributed by atoms with Crippen molar-refractivity contribution in [2.75, 3.05) is 7.11 Å². The first-order chi connectivity index (χ1) is 8.61. The van der Waals surface area contributed by atoms with Gasteiger partial charge in [0.2, 0.25) is 0 Å². The quantitative estimate of drug-likeness (QED) is 0.731. The van der Waals surface area contributed by atoms with E-state index in [4.69, 9.17) is 16.3 Å². The number of alkyl halides is 1. The van der Waals surface area contributed by atoms with Crippen LogP contribution in [0.3, 0.4) is 0 Å². The van der Waals surface area contributed by atoms with Crippen molar-refractivity contribution >= 4 is 11.6 Å². The van der Waals surface area contributed by atoms with Crippen LogP contribution in [0.5, 0.6) is 5.75 Å². The van der Waals surface area contributed by atoms with E-state index in [1.807, 2.05) is 25.1 Å². The number of hydrogen-bond donors (Lipinski definition) is 0. The van der Waals surface area contributed by atoms with Crippen LogP contribution in [-0.4, -0.2) is 7.11 Å². The third-order valence-electron chi connectivity index (χ3n) is 3.05. The third kappa shape index (κ3) is 2.68. The number of rotatable bonds is 3. The molecule has 0 saturated carbocycles. The molecule has 1 unspecified atom stereocenters. The van der Waals surface area contributed by atoms with Crippen LogP contribution in [0.1, 0.15) is 27.6 Å². The lowest BCUT2D eigenvalue weighted by molar-refractivity contribution is 0.411. The first-order valence-electron chi connectivity index (χ1n) is 5.97. The van der Waals surface area contributed by atoms with Crippen LogP contribution in [0.2, 0.25) is 0 Å². The normalized spacial score (nSPS) is 12.2. The summed E-state index contributed by atoms with van der Waals surface area (Å²) in [4.78, 5) is 0. The fourth-order valence-corrected chi connectivity index (χ4v) is 2.35. The fourth-order valence-electron chi connectivity index (χ4n) is 2.08. The number of benzene rings is 2. The summed E-state index contributed by atoms with van der Waals surface area (Å²) in [5.41, 5.74) is 4.55. The molecule has 0 amide bonds. The van der Waals surface area contributed by atoms with Gasteiger partial charge >= 0.3 is 0 Å². The van der Waals surface area contributed by atoms with Gasteiger partial charge in [-0.05, 0) is 36.6 Å². The molecule has 0 aromatic heterocycles. The standard InChI is InChI=1S/C16H17ClO/c1-11-5-4-6-13(9-11)16(17)14-7-8-15(18-3)12(2)10-14/h4-10,16H,1-3H3. The van der Waals surface area contributed by atoms with Gasteiger partial charge in [0.25, 0.3) is 0 Å². The highest BCUT2D eigenvalue weighted by Crippen LogP contribution is 2.31. The van der Waals surface area contributed by atoms with Crippen molar-refractivity contribution in [1.29, 1.82) is 0 Å². The van der Waals surface area contributed by atoms with Gasteiger partial charge in [0.05, 0.1) is 12.5 Å². The van der Waals surface area contributed by atoms with Crippen LogP contribution >= 0.6 is 11.6 Å². The van der Waals surface area contributed by atoms with Crippen molar-refractivity contribution in [3.63, 3.8) is 0 Å². The number of halogens is 1. The molecule has 0 radical (unpaired) electrons. The molecule has 0 bridgehead atoms. The predicted octanol–water partition coefficient (Wildman–Crippen LogP) is 4.64. The highest BCUT2D eigenvalue weighted by molar-refractivity contribution is 6.22. The molecule has 0 aliphatic heterocycles. The van der Waals surface area contributed by atoms with Crippen LogP contribution in [-0.2, 0) is 0 Å². The molecule has 2 aromatic rings. The minimum atomic E-state index is -0.116. The van der Waals surface area contributed by atoms with Crippen LogP contribution in [0.15, 0.2) is 42.5 Å². The van der Waals surface area contributed by atoms with Gasteiger partial charge in [0.15, 0.2) is 0 Å². The van der Waals surface area contributed by atoms with Gasteiger partial charge in [-0.2, -0.15) is 0 Å². The number of hydrogen-bond acceptors (Lipinski definition) is 1. The van der Waals surface area contributed by atoms with Gasteiger partial charge in [0, 0.05) is 0 Å². The molecule has 0 aliphatic carbocycles. The van der Waals surface area contributed by atoms with E-state index in [9.17, 15) is 0 Å². The maximum absolute atomic E-state index is 6.53. The Hall–Kier alpha value is -1.47. The largest absolute Gasteiger partial charge is 0.496 e. The molecule has 18 heavy (non-hydrogen) atoms. The summed E-state index contributed by atoms with van der Waals surface area (Å²) >= 11 is 6.53. The highest BCUT2D eigenvalue weighted by Gasteiger charge is 2.12. The van der Waals surface area contributed by atoms with Gasteiger partial charge in [-0.1, -0.05) is 42.0 Å². The van der Waals surface area contributed by atoms with Gasteiger partial charge < -0.3 is 4.74 Å². The lowest BCUT2D eigenvalue weighted by atomic mass is 10.0. The Morgan fingerprint density at radius 1 is 1.00 bits per heavy atom. The maximum Gasteiger partial charge on any atom is 0.121 e. The lowest BCUT2D eigenvalue weighted by Gasteiger charge is -2.13. The zero-order chi connectivity index (χ0) is 13.1. The molecule has 2 rings (SSSR count).